The van der Waals surface area contributed by atoms with Crippen LogP contribution in [0.3, 0.4) is 0 Å². The van der Waals surface area contributed by atoms with Gasteiger partial charge in [0.15, 0.2) is 5.78 Å². The molecule has 0 bridgehead atoms. The van der Waals surface area contributed by atoms with Crippen molar-refractivity contribution in [2.45, 2.75) is 107 Å². The lowest BCUT2D eigenvalue weighted by Gasteiger charge is -2.34. The molecule has 7 atom stereocenters. The van der Waals surface area contributed by atoms with Crippen molar-refractivity contribution >= 4 is 64.5 Å². The van der Waals surface area contributed by atoms with E-state index < -0.39 is 82.0 Å². The molecule has 0 radical (unpaired) electrons. The fourth-order valence-corrected chi connectivity index (χ4v) is 8.97. The molecular formula is C39H53Cl2N5O8. The number of ketones is 2. The van der Waals surface area contributed by atoms with E-state index in [2.05, 4.69) is 21.3 Å². The number of likely N-dealkylation sites (N-methyl/N-ethyl adjacent to an activating group) is 1. The summed E-state index contributed by atoms with van der Waals surface area (Å²) in [6.07, 6.45) is 5.71. The standard InChI is InChI=1S/C39H53Cl2N5O8/c1-38(2,3)54-37(53)45-30(22-12-8-6-9-13-22)32(48)24-19-25-29(39(25,40)41)28(24)34(50)43-26(18-21-16-17-21)33(49)35(51)42-20-27(47)44-31(36(52)46(4)5)23-14-10-7-11-15-23/h7,10-11,14-15,21-22,24-26,28-31H,6,8-9,12-13,16-20H2,1-5H3,(H,42,51)(H,43,50)(H,44,47)(H,45,53)/t24?,25-,26?,28-,29-,30-,31?/m0/s1. The largest absolute Gasteiger partial charge is 0.444 e. The van der Waals surface area contributed by atoms with Gasteiger partial charge in [0.05, 0.1) is 24.5 Å². The van der Waals surface area contributed by atoms with Crippen LogP contribution in [0.15, 0.2) is 30.3 Å². The summed E-state index contributed by atoms with van der Waals surface area (Å²) in [5, 5.41) is 10.6. The van der Waals surface area contributed by atoms with E-state index in [4.69, 9.17) is 27.9 Å². The number of halogens is 2. The summed E-state index contributed by atoms with van der Waals surface area (Å²) in [4.78, 5) is 95.5. The summed E-state index contributed by atoms with van der Waals surface area (Å²) in [5.41, 5.74) is -0.239. The SMILES string of the molecule is CN(C)C(=O)C(NC(=O)CNC(=O)C(=O)C(CC1CC1)NC(=O)[C@H]1C(C(=O)[C@@H](NC(=O)OC(C)(C)C)C2CCCCC2)C[C@H]2[C@@H]1C2(Cl)Cl)c1ccccc1. The molecular weight excluding hydrogens is 737 g/mol. The first-order valence-corrected chi connectivity index (χ1v) is 19.7. The number of alkyl halides is 2. The molecule has 5 amide bonds. The number of benzene rings is 1. The molecule has 13 nitrogen and oxygen atoms in total. The Bertz CT molecular complexity index is 1610. The second-order valence-corrected chi connectivity index (χ2v) is 18.0. The monoisotopic (exact) mass is 789 g/mol. The van der Waals surface area contributed by atoms with Gasteiger partial charge in [0.2, 0.25) is 23.5 Å². The Morgan fingerprint density at radius 2 is 1.56 bits per heavy atom. The zero-order valence-electron chi connectivity index (χ0n) is 31.6. The zero-order chi connectivity index (χ0) is 39.5. The van der Waals surface area contributed by atoms with Crippen molar-refractivity contribution in [3.63, 3.8) is 0 Å². The predicted octanol–water partition coefficient (Wildman–Crippen LogP) is 4.00. The van der Waals surface area contributed by atoms with Gasteiger partial charge in [0.1, 0.15) is 16.0 Å². The Labute approximate surface area is 326 Å². The minimum atomic E-state index is -1.23. The molecule has 0 saturated heterocycles. The van der Waals surface area contributed by atoms with Crippen molar-refractivity contribution in [1.82, 2.24) is 26.2 Å². The van der Waals surface area contributed by atoms with E-state index in [1.54, 1.807) is 65.2 Å². The van der Waals surface area contributed by atoms with Crippen LogP contribution < -0.4 is 21.3 Å². The lowest BCUT2D eigenvalue weighted by Crippen LogP contribution is -2.54. The van der Waals surface area contributed by atoms with E-state index >= 15 is 0 Å². The van der Waals surface area contributed by atoms with Crippen LogP contribution in [0.2, 0.25) is 0 Å². The maximum atomic E-state index is 14.4. The normalized spacial score (nSPS) is 24.8. The highest BCUT2D eigenvalue weighted by Gasteiger charge is 2.74. The number of carbonyl (C=O) groups excluding carboxylic acids is 7. The minimum absolute atomic E-state index is 0.113. The number of fused-ring (bicyclic) bond motifs is 1. The number of hydrogen-bond donors (Lipinski definition) is 4. The molecule has 1 aromatic rings. The van der Waals surface area contributed by atoms with Crippen molar-refractivity contribution in [3.05, 3.63) is 35.9 Å². The van der Waals surface area contributed by atoms with E-state index in [0.717, 1.165) is 44.9 Å². The zero-order valence-corrected chi connectivity index (χ0v) is 33.1. The molecule has 5 rings (SSSR count). The molecule has 1 aromatic carbocycles. The summed E-state index contributed by atoms with van der Waals surface area (Å²) in [7, 11) is 3.12. The molecule has 4 N–H and O–H groups in total. The van der Waals surface area contributed by atoms with Gasteiger partial charge in [0.25, 0.3) is 5.91 Å². The van der Waals surface area contributed by atoms with Crippen LogP contribution in [-0.4, -0.2) is 88.8 Å². The molecule has 54 heavy (non-hydrogen) atoms. The predicted molar refractivity (Wildman–Crippen MR) is 201 cm³/mol. The fourth-order valence-electron chi connectivity index (χ4n) is 8.07. The molecule has 3 unspecified atom stereocenters. The first-order valence-electron chi connectivity index (χ1n) is 19.0. The van der Waals surface area contributed by atoms with Gasteiger partial charge in [0, 0.05) is 25.9 Å². The van der Waals surface area contributed by atoms with Crippen molar-refractivity contribution in [1.29, 1.82) is 0 Å². The number of nitrogens with zero attached hydrogens (tertiary/aromatic N) is 1. The van der Waals surface area contributed by atoms with Gasteiger partial charge in [-0.05, 0) is 69.8 Å². The summed E-state index contributed by atoms with van der Waals surface area (Å²) in [6.45, 7) is 4.62. The molecule has 4 saturated carbocycles. The van der Waals surface area contributed by atoms with Gasteiger partial charge in [-0.1, -0.05) is 62.4 Å². The van der Waals surface area contributed by atoms with Crippen LogP contribution in [0.25, 0.3) is 0 Å². The number of alkyl carbamates (subject to hydrolysis) is 1. The average Bonchev–Trinajstić information content (AvgIpc) is 3.98. The average molecular weight is 791 g/mol. The Hall–Kier alpha value is -3.71. The highest BCUT2D eigenvalue weighted by atomic mass is 35.5. The van der Waals surface area contributed by atoms with Gasteiger partial charge >= 0.3 is 6.09 Å². The van der Waals surface area contributed by atoms with Crippen LogP contribution >= 0.6 is 23.2 Å². The van der Waals surface area contributed by atoms with Crippen LogP contribution in [0.5, 0.6) is 0 Å². The molecule has 0 spiro atoms. The van der Waals surface area contributed by atoms with Gasteiger partial charge in [-0.25, -0.2) is 4.79 Å². The summed E-state index contributed by atoms with van der Waals surface area (Å²) in [5.74, 6) is -6.71. The lowest BCUT2D eigenvalue weighted by molar-refractivity contribution is -0.142. The van der Waals surface area contributed by atoms with E-state index in [0.29, 0.717) is 5.56 Å². The second-order valence-electron chi connectivity index (χ2n) is 16.5. The van der Waals surface area contributed by atoms with Crippen molar-refractivity contribution < 1.29 is 38.3 Å². The third-order valence-corrected chi connectivity index (χ3v) is 12.1. The summed E-state index contributed by atoms with van der Waals surface area (Å²) < 4.78 is 4.27. The van der Waals surface area contributed by atoms with E-state index in [9.17, 15) is 33.6 Å². The second kappa shape index (κ2) is 17.0. The number of hydrogen-bond acceptors (Lipinski definition) is 8. The Morgan fingerprint density at radius 1 is 0.907 bits per heavy atom. The Kier molecular flexibility index (Phi) is 13.0. The van der Waals surface area contributed by atoms with Crippen LogP contribution in [0.1, 0.15) is 90.2 Å². The molecule has 0 aliphatic heterocycles. The van der Waals surface area contributed by atoms with E-state index in [-0.39, 0.29) is 42.3 Å². The van der Waals surface area contributed by atoms with E-state index in [1.165, 1.54) is 4.90 Å². The van der Waals surface area contributed by atoms with E-state index in [1.807, 2.05) is 0 Å². The Balaban J connectivity index is 1.27. The van der Waals surface area contributed by atoms with Crippen molar-refractivity contribution in [2.75, 3.05) is 20.6 Å². The molecule has 4 aliphatic carbocycles. The highest BCUT2D eigenvalue weighted by Crippen LogP contribution is 2.71. The first kappa shape index (κ1) is 41.5. The molecule has 4 fully saturated rings. The minimum Gasteiger partial charge on any atom is -0.444 e. The maximum Gasteiger partial charge on any atom is 0.408 e. The topological polar surface area (TPSA) is 180 Å². The number of ether oxygens (including phenoxy) is 1. The smallest absolute Gasteiger partial charge is 0.408 e. The first-order chi connectivity index (χ1) is 25.4. The molecule has 0 aromatic heterocycles. The lowest BCUT2D eigenvalue weighted by atomic mass is 9.76. The third-order valence-electron chi connectivity index (χ3n) is 11.0. The number of carbonyl (C=O) groups is 7. The van der Waals surface area contributed by atoms with Crippen LogP contribution in [-0.2, 0) is 33.5 Å². The van der Waals surface area contributed by atoms with Crippen LogP contribution in [0, 0.1) is 35.5 Å². The van der Waals surface area contributed by atoms with Gasteiger partial charge in [-0.2, -0.15) is 0 Å². The summed E-state index contributed by atoms with van der Waals surface area (Å²) in [6, 6.07) is 5.51. The van der Waals surface area contributed by atoms with Gasteiger partial charge in [-0.3, -0.25) is 28.8 Å². The fraction of sp³-hybridized carbons (Fsp3) is 0.667. The van der Waals surface area contributed by atoms with Crippen molar-refractivity contribution in [3.8, 4) is 0 Å². The van der Waals surface area contributed by atoms with Crippen LogP contribution in [0.4, 0.5) is 4.79 Å². The van der Waals surface area contributed by atoms with Gasteiger partial charge < -0.3 is 30.9 Å². The number of nitrogens with one attached hydrogen (secondary N) is 4. The summed E-state index contributed by atoms with van der Waals surface area (Å²) >= 11 is 13.2. The quantitative estimate of drug-likeness (QED) is 0.152. The number of amides is 5. The van der Waals surface area contributed by atoms with Gasteiger partial charge in [-0.15, -0.1) is 23.2 Å². The molecule has 0 heterocycles. The molecule has 4 aliphatic rings. The maximum absolute atomic E-state index is 14.4. The number of Topliss-reactive ketones (excluding diaryl/α,β-unsaturated/α-hetero) is 2. The highest BCUT2D eigenvalue weighted by molar-refractivity contribution is 6.51. The molecule has 15 heteroatoms. The Morgan fingerprint density at radius 3 is 2.15 bits per heavy atom. The molecule has 296 valence electrons. The number of rotatable bonds is 15. The van der Waals surface area contributed by atoms with Crippen molar-refractivity contribution in [2.24, 2.45) is 35.5 Å². The third kappa shape index (κ3) is 10.1.